The molecule has 5 nitrogen and oxygen atoms in total. The molecule has 6 heteroatoms. The van der Waals surface area contributed by atoms with Gasteiger partial charge in [-0.25, -0.2) is 15.0 Å². The average molecular weight is 746 g/mol. The summed E-state index contributed by atoms with van der Waals surface area (Å²) >= 11 is 1.24. The lowest BCUT2D eigenvalue weighted by molar-refractivity contribution is 1.06. The highest BCUT2D eigenvalue weighted by Crippen LogP contribution is 2.41. The lowest BCUT2D eigenvalue weighted by Gasteiger charge is -2.15. The Hall–Kier alpha value is -7.28. The van der Waals surface area contributed by atoms with Crippen LogP contribution >= 0.6 is 11.3 Å². The Morgan fingerprint density at radius 1 is 0.446 bits per heavy atom. The Morgan fingerprint density at radius 2 is 1.11 bits per heavy atom. The minimum absolute atomic E-state index is 0.0107. The molecule has 0 saturated carbocycles. The fraction of sp³-hybridized carbons (Fsp3) is 0. The molecule has 0 amide bonds. The first-order valence-electron chi connectivity index (χ1n) is 23.6. The Bertz CT molecular complexity index is 3950. The van der Waals surface area contributed by atoms with Crippen LogP contribution in [0.3, 0.4) is 0 Å². The lowest BCUT2D eigenvalue weighted by atomic mass is 10.0. The Balaban J connectivity index is 1.16. The van der Waals surface area contributed by atoms with Gasteiger partial charge in [0.25, 0.3) is 0 Å². The first kappa shape index (κ1) is 22.2. The van der Waals surface area contributed by atoms with Crippen LogP contribution in [0.25, 0.3) is 104 Å². The molecule has 0 spiro atoms. The standard InChI is InChI=1S/C50H31N5S/c1-5-19-43-38(13-1)39-14-2-6-20-44(39)55(43)45-21-7-3-16-42(45)50-53-48(34-25-23-32(24-26-34)33-27-29-51-30-28-33)52-49(54-50)36-12-9-11-35(31-36)37-17-10-18-41-40-15-4-8-22-46(40)56-47(37)41/h1-31H/i1D,2D,4D,5D,10D,13D,14D,15D,18D,19D,20D,22D. The molecule has 0 radical (unpaired) electrons. The molecular formula is C50H31N5S. The van der Waals surface area contributed by atoms with E-state index in [-0.39, 0.29) is 87.8 Å². The SMILES string of the molecule is [2H]c1cc([2H])c2sc3c(-c4cccc(-c5nc(-c6ccc(-c7ccncc7)cc6)nc(-c6ccccc6-n6c7c([2H])cc([2H])c([2H])c7c7c([2H])c([2H])c([2H])c([2H])c76)n5)c4)cc([2H])c([2H])c3c2c1[2H]. The number of hydrogen-bond donors (Lipinski definition) is 0. The van der Waals surface area contributed by atoms with Gasteiger partial charge in [0.05, 0.1) is 33.2 Å². The van der Waals surface area contributed by atoms with Crippen LogP contribution in [-0.4, -0.2) is 24.5 Å². The van der Waals surface area contributed by atoms with E-state index in [9.17, 15) is 0 Å². The normalized spacial score (nSPS) is 14.6. The monoisotopic (exact) mass is 745 g/mol. The van der Waals surface area contributed by atoms with Crippen LogP contribution in [0.5, 0.6) is 0 Å². The minimum atomic E-state index is -0.507. The molecule has 0 bridgehead atoms. The number of nitrogens with zero attached hydrogens (tertiary/aromatic N) is 5. The highest BCUT2D eigenvalue weighted by atomic mass is 32.1. The summed E-state index contributed by atoms with van der Waals surface area (Å²) in [6.45, 7) is 0. The van der Waals surface area contributed by atoms with Crippen molar-refractivity contribution < 1.29 is 16.4 Å². The largest absolute Gasteiger partial charge is 0.309 e. The quantitative estimate of drug-likeness (QED) is 0.170. The van der Waals surface area contributed by atoms with E-state index in [2.05, 4.69) is 4.98 Å². The van der Waals surface area contributed by atoms with Crippen molar-refractivity contribution in [2.75, 3.05) is 0 Å². The van der Waals surface area contributed by atoms with E-state index >= 15 is 0 Å². The summed E-state index contributed by atoms with van der Waals surface area (Å²) < 4.78 is 108. The molecule has 0 aliphatic heterocycles. The van der Waals surface area contributed by atoms with Crippen LogP contribution < -0.4 is 0 Å². The van der Waals surface area contributed by atoms with E-state index in [0.29, 0.717) is 59.5 Å². The van der Waals surface area contributed by atoms with Crippen molar-refractivity contribution >= 4 is 53.3 Å². The van der Waals surface area contributed by atoms with E-state index < -0.39 is 18.1 Å². The van der Waals surface area contributed by atoms with Crippen molar-refractivity contribution in [3.8, 4) is 62.1 Å². The predicted octanol–water partition coefficient (Wildman–Crippen LogP) is 13.1. The van der Waals surface area contributed by atoms with Gasteiger partial charge in [-0.3, -0.25) is 4.98 Å². The van der Waals surface area contributed by atoms with Crippen LogP contribution in [-0.2, 0) is 0 Å². The molecule has 0 aliphatic rings. The van der Waals surface area contributed by atoms with Crippen LogP contribution in [0.2, 0.25) is 0 Å². The zero-order valence-electron chi connectivity index (χ0n) is 41.1. The summed E-state index contributed by atoms with van der Waals surface area (Å²) in [5.41, 5.74) is 5.20. The molecule has 262 valence electrons. The summed E-state index contributed by atoms with van der Waals surface area (Å²) in [4.78, 5) is 19.3. The second-order valence-electron chi connectivity index (χ2n) is 13.0. The maximum atomic E-state index is 9.14. The average Bonchev–Trinajstić information content (AvgIpc) is 3.94. The summed E-state index contributed by atoms with van der Waals surface area (Å²) in [5.74, 6) is 0.708. The van der Waals surface area contributed by atoms with Crippen molar-refractivity contribution in [2.24, 2.45) is 0 Å². The van der Waals surface area contributed by atoms with Crippen molar-refractivity contribution in [3.63, 3.8) is 0 Å². The molecule has 0 aliphatic carbocycles. The van der Waals surface area contributed by atoms with Gasteiger partial charge in [-0.15, -0.1) is 11.3 Å². The van der Waals surface area contributed by atoms with E-state index in [4.69, 9.17) is 31.4 Å². The smallest absolute Gasteiger partial charge is 0.166 e. The molecule has 56 heavy (non-hydrogen) atoms. The van der Waals surface area contributed by atoms with E-state index in [0.717, 1.165) is 11.1 Å². The summed E-state index contributed by atoms with van der Waals surface area (Å²) in [6.07, 6.45) is 3.43. The second kappa shape index (κ2) is 13.2. The Kier molecular flexibility index (Phi) is 5.24. The van der Waals surface area contributed by atoms with Crippen molar-refractivity contribution in [3.05, 3.63) is 188 Å². The Labute approximate surface area is 343 Å². The number of rotatable bonds is 6. The third-order valence-corrected chi connectivity index (χ3v) is 10.9. The molecule has 0 unspecified atom stereocenters. The number of pyridine rings is 1. The summed E-state index contributed by atoms with van der Waals surface area (Å²) in [5, 5.41) is 0.693. The van der Waals surface area contributed by atoms with Crippen molar-refractivity contribution in [1.29, 1.82) is 0 Å². The van der Waals surface area contributed by atoms with Crippen LogP contribution in [0.15, 0.2) is 188 Å². The summed E-state index contributed by atoms with van der Waals surface area (Å²) in [6, 6.07) is 27.1. The maximum Gasteiger partial charge on any atom is 0.166 e. The molecule has 0 atom stereocenters. The molecule has 0 saturated heterocycles. The van der Waals surface area contributed by atoms with Gasteiger partial charge in [0.15, 0.2) is 17.5 Å². The number of fused-ring (bicyclic) bond motifs is 6. The number of benzene rings is 7. The number of hydrogen-bond acceptors (Lipinski definition) is 5. The summed E-state index contributed by atoms with van der Waals surface area (Å²) in [7, 11) is 0. The van der Waals surface area contributed by atoms with Gasteiger partial charge in [-0.1, -0.05) is 127 Å². The fourth-order valence-corrected chi connectivity index (χ4v) is 8.25. The van der Waals surface area contributed by atoms with Gasteiger partial charge in [0, 0.05) is 60.0 Å². The van der Waals surface area contributed by atoms with Gasteiger partial charge in [0.1, 0.15) is 0 Å². The highest BCUT2D eigenvalue weighted by Gasteiger charge is 2.20. The maximum absolute atomic E-state index is 9.14. The molecule has 11 rings (SSSR count). The van der Waals surface area contributed by atoms with E-state index in [1.807, 2.05) is 60.7 Å². The third kappa shape index (κ3) is 5.38. The molecular weight excluding hydrogens is 703 g/mol. The molecule has 7 aromatic carbocycles. The number of aromatic nitrogens is 5. The first-order chi connectivity index (χ1) is 32.7. The van der Waals surface area contributed by atoms with Crippen LogP contribution in [0.4, 0.5) is 0 Å². The fourth-order valence-electron chi connectivity index (χ4n) is 7.13. The van der Waals surface area contributed by atoms with Crippen molar-refractivity contribution in [2.45, 2.75) is 0 Å². The van der Waals surface area contributed by atoms with Gasteiger partial charge in [-0.05, 0) is 70.7 Å². The lowest BCUT2D eigenvalue weighted by Crippen LogP contribution is -2.03. The van der Waals surface area contributed by atoms with Gasteiger partial charge >= 0.3 is 0 Å². The molecule has 0 N–H and O–H groups in total. The van der Waals surface area contributed by atoms with E-state index in [1.54, 1.807) is 42.7 Å². The molecule has 11 aromatic rings. The highest BCUT2D eigenvalue weighted by molar-refractivity contribution is 7.26. The van der Waals surface area contributed by atoms with Crippen molar-refractivity contribution in [1.82, 2.24) is 24.5 Å². The Morgan fingerprint density at radius 3 is 1.98 bits per heavy atom. The van der Waals surface area contributed by atoms with Crippen LogP contribution in [0.1, 0.15) is 16.4 Å². The van der Waals surface area contributed by atoms with Crippen LogP contribution in [0, 0.1) is 0 Å². The van der Waals surface area contributed by atoms with Gasteiger partial charge in [-0.2, -0.15) is 0 Å². The first-order valence-corrected chi connectivity index (χ1v) is 18.4. The molecule has 4 aromatic heterocycles. The number of para-hydroxylation sites is 3. The second-order valence-corrected chi connectivity index (χ2v) is 14.0. The minimum Gasteiger partial charge on any atom is -0.309 e. The molecule has 0 fully saturated rings. The zero-order chi connectivity index (χ0) is 47.4. The topological polar surface area (TPSA) is 56.5 Å². The predicted molar refractivity (Wildman–Crippen MR) is 232 cm³/mol. The molecule has 4 heterocycles. The zero-order valence-corrected chi connectivity index (χ0v) is 29.9. The number of thiophene rings is 1. The third-order valence-electron chi connectivity index (χ3n) is 9.73. The van der Waals surface area contributed by atoms with Gasteiger partial charge < -0.3 is 4.57 Å². The van der Waals surface area contributed by atoms with Gasteiger partial charge in [0.2, 0.25) is 0 Å². The van der Waals surface area contributed by atoms with E-state index in [1.165, 1.54) is 28.0 Å².